The molecule has 0 radical (unpaired) electrons. The molecule has 3 heteroatoms. The molecule has 96 valence electrons. The average molecular weight is 243 g/mol. The maximum Gasteiger partial charge on any atom is 0.0958 e. The molecule has 0 saturated heterocycles. The van der Waals surface area contributed by atoms with E-state index in [9.17, 15) is 0 Å². The summed E-state index contributed by atoms with van der Waals surface area (Å²) in [7, 11) is 2.09. The second-order valence-electron chi connectivity index (χ2n) is 5.33. The second-order valence-corrected chi connectivity index (χ2v) is 5.33. The highest BCUT2D eigenvalue weighted by Gasteiger charge is 2.24. The fourth-order valence-corrected chi connectivity index (χ4v) is 3.20. The summed E-state index contributed by atoms with van der Waals surface area (Å²) in [6, 6.07) is 8.95. The number of rotatable bonds is 4. The van der Waals surface area contributed by atoms with Crippen LogP contribution in [0.3, 0.4) is 0 Å². The summed E-state index contributed by atoms with van der Waals surface area (Å²) in [5, 5.41) is 3.50. The number of benzene rings is 1. The lowest BCUT2D eigenvalue weighted by Gasteiger charge is -2.23. The number of para-hydroxylation sites is 2. The predicted octanol–water partition coefficient (Wildman–Crippen LogP) is 2.81. The van der Waals surface area contributed by atoms with Crippen LogP contribution in [0.5, 0.6) is 0 Å². The number of hydrogen-bond donors (Lipinski definition) is 1. The van der Waals surface area contributed by atoms with Crippen LogP contribution in [0.1, 0.15) is 25.7 Å². The minimum atomic E-state index is 0.574. The third-order valence-corrected chi connectivity index (χ3v) is 4.26. The zero-order valence-electron chi connectivity index (χ0n) is 11.0. The van der Waals surface area contributed by atoms with Crippen molar-refractivity contribution in [2.75, 3.05) is 7.05 Å². The average Bonchev–Trinajstić information content (AvgIpc) is 3.06. The molecule has 2 aromatic rings. The van der Waals surface area contributed by atoms with Gasteiger partial charge >= 0.3 is 0 Å². The lowest BCUT2D eigenvalue weighted by atomic mass is 9.98. The normalized spacial score (nSPS) is 18.5. The maximum absolute atomic E-state index is 4.47. The quantitative estimate of drug-likeness (QED) is 0.895. The van der Waals surface area contributed by atoms with E-state index in [1.54, 1.807) is 0 Å². The number of fused-ring (bicyclic) bond motifs is 1. The fourth-order valence-electron chi connectivity index (χ4n) is 3.20. The van der Waals surface area contributed by atoms with Gasteiger partial charge in [0.05, 0.1) is 17.4 Å². The molecule has 0 aliphatic heterocycles. The summed E-state index contributed by atoms with van der Waals surface area (Å²) in [5.41, 5.74) is 2.34. The SMILES string of the molecule is CNC(Cn1cnc2ccccc21)C1CCCC1. The van der Waals surface area contributed by atoms with E-state index in [0.29, 0.717) is 6.04 Å². The Balaban J connectivity index is 1.81. The highest BCUT2D eigenvalue weighted by atomic mass is 15.1. The summed E-state index contributed by atoms with van der Waals surface area (Å²) < 4.78 is 2.29. The van der Waals surface area contributed by atoms with Gasteiger partial charge in [0, 0.05) is 12.6 Å². The zero-order valence-corrected chi connectivity index (χ0v) is 11.0. The van der Waals surface area contributed by atoms with Crippen LogP contribution in [0.2, 0.25) is 0 Å². The number of nitrogens with one attached hydrogen (secondary N) is 1. The van der Waals surface area contributed by atoms with Gasteiger partial charge in [0.1, 0.15) is 0 Å². The molecule has 3 nitrogen and oxygen atoms in total. The van der Waals surface area contributed by atoms with Crippen molar-refractivity contribution in [3.8, 4) is 0 Å². The molecule has 1 heterocycles. The topological polar surface area (TPSA) is 29.9 Å². The molecule has 0 bridgehead atoms. The summed E-state index contributed by atoms with van der Waals surface area (Å²) in [6.07, 6.45) is 7.52. The van der Waals surface area contributed by atoms with Crippen molar-refractivity contribution in [3.63, 3.8) is 0 Å². The molecule has 1 N–H and O–H groups in total. The molecule has 1 aliphatic carbocycles. The van der Waals surface area contributed by atoms with E-state index in [2.05, 4.69) is 40.1 Å². The van der Waals surface area contributed by atoms with Gasteiger partial charge in [0.2, 0.25) is 0 Å². The Morgan fingerprint density at radius 3 is 2.89 bits per heavy atom. The minimum Gasteiger partial charge on any atom is -0.329 e. The highest BCUT2D eigenvalue weighted by molar-refractivity contribution is 5.74. The third-order valence-electron chi connectivity index (χ3n) is 4.26. The van der Waals surface area contributed by atoms with E-state index in [0.717, 1.165) is 18.0 Å². The van der Waals surface area contributed by atoms with Crippen LogP contribution >= 0.6 is 0 Å². The molecule has 1 fully saturated rings. The van der Waals surface area contributed by atoms with Gasteiger partial charge in [-0.25, -0.2) is 4.98 Å². The molecular weight excluding hydrogens is 222 g/mol. The molecule has 3 rings (SSSR count). The Bertz CT molecular complexity index is 511. The number of nitrogens with zero attached hydrogens (tertiary/aromatic N) is 2. The first-order chi connectivity index (χ1) is 8.88. The first kappa shape index (κ1) is 11.7. The fraction of sp³-hybridized carbons (Fsp3) is 0.533. The first-order valence-corrected chi connectivity index (χ1v) is 6.95. The summed E-state index contributed by atoms with van der Waals surface area (Å²) in [4.78, 5) is 4.47. The number of hydrogen-bond acceptors (Lipinski definition) is 2. The van der Waals surface area contributed by atoms with Gasteiger partial charge in [-0.05, 0) is 37.9 Å². The number of imidazole rings is 1. The van der Waals surface area contributed by atoms with Crippen LogP contribution < -0.4 is 5.32 Å². The molecule has 0 amide bonds. The molecule has 18 heavy (non-hydrogen) atoms. The summed E-state index contributed by atoms with van der Waals surface area (Å²) in [5.74, 6) is 0.830. The second kappa shape index (κ2) is 5.11. The Morgan fingerprint density at radius 1 is 1.33 bits per heavy atom. The summed E-state index contributed by atoms with van der Waals surface area (Å²) >= 11 is 0. The molecular formula is C15H21N3. The molecule has 1 aliphatic rings. The van der Waals surface area contributed by atoms with E-state index < -0.39 is 0 Å². The van der Waals surface area contributed by atoms with Crippen LogP contribution in [-0.2, 0) is 6.54 Å². The molecule has 1 aromatic heterocycles. The number of aromatic nitrogens is 2. The van der Waals surface area contributed by atoms with Crippen molar-refractivity contribution in [2.45, 2.75) is 38.3 Å². The van der Waals surface area contributed by atoms with Crippen LogP contribution in [-0.4, -0.2) is 22.6 Å². The van der Waals surface area contributed by atoms with Crippen molar-refractivity contribution in [1.29, 1.82) is 0 Å². The molecule has 1 aromatic carbocycles. The highest BCUT2D eigenvalue weighted by Crippen LogP contribution is 2.28. The van der Waals surface area contributed by atoms with Crippen molar-refractivity contribution in [2.24, 2.45) is 5.92 Å². The van der Waals surface area contributed by atoms with E-state index in [1.165, 1.54) is 31.2 Å². The van der Waals surface area contributed by atoms with Crippen molar-refractivity contribution in [1.82, 2.24) is 14.9 Å². The first-order valence-electron chi connectivity index (χ1n) is 6.95. The van der Waals surface area contributed by atoms with E-state index in [4.69, 9.17) is 0 Å². The van der Waals surface area contributed by atoms with Gasteiger partial charge in [-0.15, -0.1) is 0 Å². The number of likely N-dealkylation sites (N-methyl/N-ethyl adjacent to an activating group) is 1. The lowest BCUT2D eigenvalue weighted by Crippen LogP contribution is -2.36. The standard InChI is InChI=1S/C15H21N3/c1-16-14(12-6-2-3-7-12)10-18-11-17-13-8-4-5-9-15(13)18/h4-5,8-9,11-12,14,16H,2-3,6-7,10H2,1H3. The van der Waals surface area contributed by atoms with Gasteiger partial charge in [-0.3, -0.25) is 0 Å². The molecule has 1 atom stereocenters. The Morgan fingerprint density at radius 2 is 2.11 bits per heavy atom. The van der Waals surface area contributed by atoms with E-state index >= 15 is 0 Å². The maximum atomic E-state index is 4.47. The minimum absolute atomic E-state index is 0.574. The Kier molecular flexibility index (Phi) is 3.33. The zero-order chi connectivity index (χ0) is 12.4. The van der Waals surface area contributed by atoms with Gasteiger partial charge in [-0.1, -0.05) is 25.0 Å². The van der Waals surface area contributed by atoms with Crippen molar-refractivity contribution in [3.05, 3.63) is 30.6 Å². The van der Waals surface area contributed by atoms with Crippen molar-refractivity contribution < 1.29 is 0 Å². The monoisotopic (exact) mass is 243 g/mol. The predicted molar refractivity (Wildman–Crippen MR) is 74.5 cm³/mol. The van der Waals surface area contributed by atoms with E-state index in [1.807, 2.05) is 12.4 Å². The van der Waals surface area contributed by atoms with Gasteiger partial charge in [0.15, 0.2) is 0 Å². The Labute approximate surface area is 108 Å². The van der Waals surface area contributed by atoms with Gasteiger partial charge in [0.25, 0.3) is 0 Å². The van der Waals surface area contributed by atoms with Crippen LogP contribution in [0.4, 0.5) is 0 Å². The lowest BCUT2D eigenvalue weighted by molar-refractivity contribution is 0.343. The van der Waals surface area contributed by atoms with Gasteiger partial charge in [-0.2, -0.15) is 0 Å². The Hall–Kier alpha value is -1.35. The van der Waals surface area contributed by atoms with E-state index in [-0.39, 0.29) is 0 Å². The molecule has 1 saturated carbocycles. The molecule has 1 unspecified atom stereocenters. The van der Waals surface area contributed by atoms with Crippen LogP contribution in [0.15, 0.2) is 30.6 Å². The van der Waals surface area contributed by atoms with Crippen LogP contribution in [0.25, 0.3) is 11.0 Å². The smallest absolute Gasteiger partial charge is 0.0958 e. The molecule has 0 spiro atoms. The van der Waals surface area contributed by atoms with Gasteiger partial charge < -0.3 is 9.88 Å². The summed E-state index contributed by atoms with van der Waals surface area (Å²) in [6.45, 7) is 1.03. The van der Waals surface area contributed by atoms with Crippen LogP contribution in [0, 0.1) is 5.92 Å². The largest absolute Gasteiger partial charge is 0.329 e. The third kappa shape index (κ3) is 2.15. The van der Waals surface area contributed by atoms with Crippen molar-refractivity contribution >= 4 is 11.0 Å².